The zero-order chi connectivity index (χ0) is 22.7. The van der Waals surface area contributed by atoms with Crippen LogP contribution in [0.4, 0.5) is 0 Å². The van der Waals surface area contributed by atoms with Crippen LogP contribution in [-0.4, -0.2) is 46.2 Å². The van der Waals surface area contributed by atoms with E-state index < -0.39 is 22.9 Å². The van der Waals surface area contributed by atoms with Crippen molar-refractivity contribution < 1.29 is 24.5 Å². The number of hydrogen-bond acceptors (Lipinski definition) is 5. The van der Waals surface area contributed by atoms with Gasteiger partial charge in [0.15, 0.2) is 11.6 Å². The minimum Gasteiger partial charge on any atom is -0.393 e. The molecule has 0 bridgehead atoms. The van der Waals surface area contributed by atoms with Crippen LogP contribution in [0.5, 0.6) is 0 Å². The second-order valence-corrected chi connectivity index (χ2v) is 13.2. The van der Waals surface area contributed by atoms with E-state index in [1.807, 2.05) is 0 Å². The van der Waals surface area contributed by atoms with E-state index in [1.165, 1.54) is 6.42 Å². The number of ketones is 1. The summed E-state index contributed by atoms with van der Waals surface area (Å²) in [6.07, 6.45) is 7.21. The van der Waals surface area contributed by atoms with Gasteiger partial charge in [0, 0.05) is 30.6 Å². The Kier molecular flexibility index (Phi) is 4.68. The molecule has 0 aromatic rings. The van der Waals surface area contributed by atoms with Crippen LogP contribution in [-0.2, 0) is 14.3 Å². The molecule has 0 aromatic heterocycles. The number of carbonyl (C=O) groups is 1. The van der Waals surface area contributed by atoms with Gasteiger partial charge in [-0.2, -0.15) is 0 Å². The van der Waals surface area contributed by atoms with Gasteiger partial charge in [-0.25, -0.2) is 0 Å². The summed E-state index contributed by atoms with van der Waals surface area (Å²) in [5.41, 5.74) is -1.60. The van der Waals surface area contributed by atoms with Crippen LogP contribution in [0.15, 0.2) is 0 Å². The fourth-order valence-corrected chi connectivity index (χ4v) is 10.0. The average molecular weight is 447 g/mol. The second kappa shape index (κ2) is 6.80. The summed E-state index contributed by atoms with van der Waals surface area (Å²) < 4.78 is 13.2. The Labute approximate surface area is 192 Å². The molecule has 5 heteroatoms. The number of carbonyl (C=O) groups excluding carboxylic acids is 1. The van der Waals surface area contributed by atoms with Crippen LogP contribution in [0.25, 0.3) is 0 Å². The van der Waals surface area contributed by atoms with Crippen molar-refractivity contribution in [2.45, 2.75) is 109 Å². The molecule has 1 spiro atoms. The van der Waals surface area contributed by atoms with Crippen LogP contribution < -0.4 is 0 Å². The summed E-state index contributed by atoms with van der Waals surface area (Å²) in [6.45, 7) is 10.0. The van der Waals surface area contributed by atoms with E-state index in [9.17, 15) is 15.0 Å². The molecule has 2 aliphatic heterocycles. The molecule has 6 rings (SSSR count). The van der Waals surface area contributed by atoms with Gasteiger partial charge in [-0.3, -0.25) is 4.79 Å². The largest absolute Gasteiger partial charge is 0.393 e. The summed E-state index contributed by atoms with van der Waals surface area (Å²) in [5, 5.41) is 21.8. The molecule has 6 aliphatic rings. The maximum atomic E-state index is 13.4. The van der Waals surface area contributed by atoms with Crippen molar-refractivity contribution in [3.63, 3.8) is 0 Å². The van der Waals surface area contributed by atoms with Crippen molar-refractivity contribution in [2.75, 3.05) is 6.61 Å². The van der Waals surface area contributed by atoms with Crippen molar-refractivity contribution in [3.05, 3.63) is 0 Å². The fourth-order valence-electron chi connectivity index (χ4n) is 10.0. The van der Waals surface area contributed by atoms with Crippen molar-refractivity contribution in [1.29, 1.82) is 0 Å². The number of aliphatic hydroxyl groups excluding tert-OH is 1. The molecule has 6 fully saturated rings. The molecular formula is C27H42O5. The molecule has 2 saturated heterocycles. The Balaban J connectivity index is 1.30. The highest BCUT2D eigenvalue weighted by Crippen LogP contribution is 2.71. The highest BCUT2D eigenvalue weighted by molar-refractivity contribution is 5.89. The lowest BCUT2D eigenvalue weighted by molar-refractivity contribution is -0.273. The van der Waals surface area contributed by atoms with Gasteiger partial charge in [-0.05, 0) is 73.5 Å². The predicted molar refractivity (Wildman–Crippen MR) is 120 cm³/mol. The molecule has 4 saturated carbocycles. The number of fused-ring (bicyclic) bond motifs is 7. The standard InChI is InChI=1S/C27H42O5/c1-15-5-10-27(31-14-15)16(2)23-21(32-27)12-20-18-11-22(29)26(30)13-17(28)6-9-25(26,4)19(18)7-8-24(20,23)3/h15-21,23,28,30H,5-14H2,1-4H3/t15?,16-,17-,18?,19?,20?,21?,23?,24-,25+,26?,27?/m0/s1. The first-order valence-corrected chi connectivity index (χ1v) is 13.3. The van der Waals surface area contributed by atoms with Crippen molar-refractivity contribution in [1.82, 2.24) is 0 Å². The third-order valence-corrected chi connectivity index (χ3v) is 11.9. The first kappa shape index (κ1) is 22.0. The van der Waals surface area contributed by atoms with E-state index in [2.05, 4.69) is 27.7 Å². The lowest BCUT2D eigenvalue weighted by Gasteiger charge is -2.63. The third kappa shape index (κ3) is 2.58. The van der Waals surface area contributed by atoms with E-state index in [0.717, 1.165) is 38.7 Å². The summed E-state index contributed by atoms with van der Waals surface area (Å²) in [5.74, 6) is 2.20. The number of Topliss-reactive ketones (excluding diaryl/α,β-unsaturated/α-hetero) is 1. The maximum absolute atomic E-state index is 13.4. The summed E-state index contributed by atoms with van der Waals surface area (Å²) >= 11 is 0. The van der Waals surface area contributed by atoms with Gasteiger partial charge >= 0.3 is 0 Å². The topological polar surface area (TPSA) is 76.0 Å². The van der Waals surface area contributed by atoms with Crippen molar-refractivity contribution in [2.24, 2.45) is 46.3 Å². The third-order valence-electron chi connectivity index (χ3n) is 11.9. The van der Waals surface area contributed by atoms with E-state index in [1.54, 1.807) is 0 Å². The molecule has 0 radical (unpaired) electrons. The van der Waals surface area contributed by atoms with Crippen molar-refractivity contribution in [3.8, 4) is 0 Å². The van der Waals surface area contributed by atoms with Gasteiger partial charge in [0.05, 0.1) is 18.8 Å². The monoisotopic (exact) mass is 446 g/mol. The predicted octanol–water partition coefficient (Wildman–Crippen LogP) is 4.09. The molecule has 2 N–H and O–H groups in total. The number of aliphatic hydroxyl groups is 2. The number of ether oxygens (including phenoxy) is 2. The van der Waals surface area contributed by atoms with Crippen molar-refractivity contribution >= 4 is 5.78 Å². The number of rotatable bonds is 0. The van der Waals surface area contributed by atoms with Gasteiger partial charge < -0.3 is 19.7 Å². The molecule has 2 heterocycles. The first-order valence-electron chi connectivity index (χ1n) is 13.3. The van der Waals surface area contributed by atoms with Gasteiger partial charge in [-0.15, -0.1) is 0 Å². The molecular weight excluding hydrogens is 404 g/mol. The molecule has 32 heavy (non-hydrogen) atoms. The zero-order valence-corrected chi connectivity index (χ0v) is 20.3. The van der Waals surface area contributed by atoms with Crippen LogP contribution in [0, 0.1) is 46.3 Å². The first-order chi connectivity index (χ1) is 15.0. The molecule has 180 valence electrons. The van der Waals surface area contributed by atoms with Gasteiger partial charge in [0.25, 0.3) is 0 Å². The average Bonchev–Trinajstić information content (AvgIpc) is 3.18. The van der Waals surface area contributed by atoms with Crippen LogP contribution in [0.3, 0.4) is 0 Å². The quantitative estimate of drug-likeness (QED) is 0.586. The smallest absolute Gasteiger partial charge is 0.171 e. The lowest BCUT2D eigenvalue weighted by atomic mass is 9.42. The summed E-state index contributed by atoms with van der Waals surface area (Å²) in [7, 11) is 0. The van der Waals surface area contributed by atoms with Crippen LogP contribution >= 0.6 is 0 Å². The molecule has 5 nitrogen and oxygen atoms in total. The molecule has 8 unspecified atom stereocenters. The fraction of sp³-hybridized carbons (Fsp3) is 0.963. The van der Waals surface area contributed by atoms with Crippen LogP contribution in [0.1, 0.15) is 85.5 Å². The summed E-state index contributed by atoms with van der Waals surface area (Å²) in [6, 6.07) is 0. The van der Waals surface area contributed by atoms with E-state index in [4.69, 9.17) is 9.47 Å². The Hall–Kier alpha value is -0.490. The van der Waals surface area contributed by atoms with E-state index in [-0.39, 0.29) is 23.7 Å². The minimum absolute atomic E-state index is 0.0173. The molecule has 0 amide bonds. The Morgan fingerprint density at radius 1 is 1.03 bits per heavy atom. The van der Waals surface area contributed by atoms with Gasteiger partial charge in [0.2, 0.25) is 0 Å². The minimum atomic E-state index is -1.35. The Bertz CT molecular complexity index is 804. The van der Waals surface area contributed by atoms with Gasteiger partial charge in [0.1, 0.15) is 5.60 Å². The highest BCUT2D eigenvalue weighted by Gasteiger charge is 2.72. The normalized spacial score (nSPS) is 61.8. The summed E-state index contributed by atoms with van der Waals surface area (Å²) in [4.78, 5) is 13.4. The Morgan fingerprint density at radius 3 is 2.53 bits per heavy atom. The number of hydrogen-bond donors (Lipinski definition) is 2. The lowest BCUT2D eigenvalue weighted by Crippen LogP contribution is -2.67. The van der Waals surface area contributed by atoms with E-state index in [0.29, 0.717) is 48.3 Å². The van der Waals surface area contributed by atoms with Crippen LogP contribution in [0.2, 0.25) is 0 Å². The maximum Gasteiger partial charge on any atom is 0.171 e. The SMILES string of the molecule is CC1CCC2(OC1)OC1CC3C4CC(=O)C5(O)C[C@@H](O)CC[C@]5(C)C4CC[C@]3(C)C1[C@@H]2C. The molecule has 12 atom stereocenters. The van der Waals surface area contributed by atoms with E-state index >= 15 is 0 Å². The molecule has 0 aromatic carbocycles. The zero-order valence-electron chi connectivity index (χ0n) is 20.3. The molecule has 4 aliphatic carbocycles. The Morgan fingerprint density at radius 2 is 1.81 bits per heavy atom. The van der Waals surface area contributed by atoms with Gasteiger partial charge in [-0.1, -0.05) is 27.7 Å². The second-order valence-electron chi connectivity index (χ2n) is 13.2. The highest BCUT2D eigenvalue weighted by atomic mass is 16.7.